The van der Waals surface area contributed by atoms with Crippen LogP contribution in [0.4, 0.5) is 0 Å². The maximum Gasteiger partial charge on any atom is 0.323 e. The van der Waals surface area contributed by atoms with Crippen molar-refractivity contribution in [2.24, 2.45) is 0 Å². The van der Waals surface area contributed by atoms with Crippen LogP contribution in [0.1, 0.15) is 18.5 Å². The highest BCUT2D eigenvalue weighted by Crippen LogP contribution is 2.30. The van der Waals surface area contributed by atoms with E-state index in [9.17, 15) is 15.0 Å². The molecule has 1 aromatic rings. The van der Waals surface area contributed by atoms with Gasteiger partial charge in [0.25, 0.3) is 0 Å². The molecule has 0 aliphatic carbocycles. The lowest BCUT2D eigenvalue weighted by atomic mass is 10.0. The Kier molecular flexibility index (Phi) is 3.84. The van der Waals surface area contributed by atoms with Crippen LogP contribution >= 0.6 is 0 Å². The second-order valence-electron chi connectivity index (χ2n) is 4.40. The highest BCUT2D eigenvalue weighted by Gasteiger charge is 2.33. The molecule has 1 aliphatic rings. The summed E-state index contributed by atoms with van der Waals surface area (Å²) < 4.78 is 5.20. The summed E-state index contributed by atoms with van der Waals surface area (Å²) >= 11 is 0. The maximum atomic E-state index is 11.2. The lowest BCUT2D eigenvalue weighted by molar-refractivity contribution is -0.151. The zero-order valence-electron chi connectivity index (χ0n) is 10.2. The van der Waals surface area contributed by atoms with Gasteiger partial charge in [-0.3, -0.25) is 9.69 Å². The Morgan fingerprint density at radius 3 is 2.89 bits per heavy atom. The summed E-state index contributed by atoms with van der Waals surface area (Å²) in [6, 6.07) is 6.20. The van der Waals surface area contributed by atoms with Gasteiger partial charge in [-0.15, -0.1) is 0 Å². The Hall–Kier alpha value is -1.59. The first-order valence-electron chi connectivity index (χ1n) is 5.95. The molecule has 0 bridgehead atoms. The number of morpholine rings is 1. The van der Waals surface area contributed by atoms with Gasteiger partial charge in [0.1, 0.15) is 11.8 Å². The van der Waals surface area contributed by atoms with E-state index < -0.39 is 12.0 Å². The molecule has 5 heteroatoms. The van der Waals surface area contributed by atoms with E-state index in [1.165, 1.54) is 0 Å². The van der Waals surface area contributed by atoms with Crippen molar-refractivity contribution < 1.29 is 19.7 Å². The van der Waals surface area contributed by atoms with Gasteiger partial charge in [-0.25, -0.2) is 0 Å². The Morgan fingerprint density at radius 2 is 2.22 bits per heavy atom. The predicted octanol–water partition coefficient (Wildman–Crippen LogP) is 1.24. The number of hydrogen-bond acceptors (Lipinski definition) is 4. The molecule has 0 aromatic heterocycles. The number of carboxylic acids is 1. The van der Waals surface area contributed by atoms with Crippen molar-refractivity contribution in [2.45, 2.75) is 19.0 Å². The number of ether oxygens (including phenoxy) is 1. The zero-order valence-corrected chi connectivity index (χ0v) is 10.2. The van der Waals surface area contributed by atoms with Gasteiger partial charge < -0.3 is 14.9 Å². The molecule has 2 N–H and O–H groups in total. The van der Waals surface area contributed by atoms with E-state index in [0.29, 0.717) is 13.2 Å². The third kappa shape index (κ3) is 2.47. The van der Waals surface area contributed by atoms with Crippen LogP contribution in [-0.2, 0) is 9.53 Å². The van der Waals surface area contributed by atoms with Crippen LogP contribution in [0.2, 0.25) is 0 Å². The third-order valence-corrected chi connectivity index (χ3v) is 3.34. The smallest absolute Gasteiger partial charge is 0.323 e. The Balaban J connectivity index is 2.23. The molecule has 1 heterocycles. The van der Waals surface area contributed by atoms with Crippen LogP contribution in [0.15, 0.2) is 24.3 Å². The molecule has 1 fully saturated rings. The SMILES string of the molecule is CC(c1ccccc1O)N1CCOCC1C(=O)O. The fourth-order valence-electron chi connectivity index (χ4n) is 2.31. The maximum absolute atomic E-state index is 11.2. The number of phenolic OH excluding ortho intramolecular Hbond substituents is 1. The topological polar surface area (TPSA) is 70.0 Å². The van der Waals surface area contributed by atoms with E-state index in [0.717, 1.165) is 5.56 Å². The lowest BCUT2D eigenvalue weighted by Gasteiger charge is -2.37. The molecule has 2 unspecified atom stereocenters. The second-order valence-corrected chi connectivity index (χ2v) is 4.40. The molecule has 1 aliphatic heterocycles. The van der Waals surface area contributed by atoms with Gasteiger partial charge in [-0.05, 0) is 13.0 Å². The Bertz CT molecular complexity index is 435. The van der Waals surface area contributed by atoms with Crippen LogP contribution in [0.5, 0.6) is 5.75 Å². The monoisotopic (exact) mass is 251 g/mol. The summed E-state index contributed by atoms with van der Waals surface area (Å²) in [5, 5.41) is 19.0. The van der Waals surface area contributed by atoms with Crippen molar-refractivity contribution in [1.29, 1.82) is 0 Å². The van der Waals surface area contributed by atoms with Crippen LogP contribution in [0.25, 0.3) is 0 Å². The fourth-order valence-corrected chi connectivity index (χ4v) is 2.31. The molecule has 1 aromatic carbocycles. The number of benzene rings is 1. The van der Waals surface area contributed by atoms with Crippen molar-refractivity contribution in [1.82, 2.24) is 4.90 Å². The number of phenols is 1. The first kappa shape index (κ1) is 12.9. The largest absolute Gasteiger partial charge is 0.508 e. The quantitative estimate of drug-likeness (QED) is 0.845. The highest BCUT2D eigenvalue weighted by molar-refractivity contribution is 5.73. The van der Waals surface area contributed by atoms with Crippen molar-refractivity contribution in [3.8, 4) is 5.75 Å². The zero-order chi connectivity index (χ0) is 13.1. The highest BCUT2D eigenvalue weighted by atomic mass is 16.5. The predicted molar refractivity (Wildman–Crippen MR) is 65.5 cm³/mol. The molecular weight excluding hydrogens is 234 g/mol. The van der Waals surface area contributed by atoms with Gasteiger partial charge in [-0.1, -0.05) is 18.2 Å². The van der Waals surface area contributed by atoms with E-state index in [1.807, 2.05) is 24.0 Å². The number of aliphatic carboxylic acids is 1. The summed E-state index contributed by atoms with van der Waals surface area (Å²) in [4.78, 5) is 13.0. The van der Waals surface area contributed by atoms with E-state index in [-0.39, 0.29) is 18.4 Å². The third-order valence-electron chi connectivity index (χ3n) is 3.34. The number of para-hydroxylation sites is 1. The number of aromatic hydroxyl groups is 1. The van der Waals surface area contributed by atoms with Crippen molar-refractivity contribution in [2.75, 3.05) is 19.8 Å². The molecule has 5 nitrogen and oxygen atoms in total. The van der Waals surface area contributed by atoms with E-state index in [4.69, 9.17) is 4.74 Å². The molecule has 18 heavy (non-hydrogen) atoms. The number of rotatable bonds is 3. The van der Waals surface area contributed by atoms with Crippen molar-refractivity contribution in [3.05, 3.63) is 29.8 Å². The van der Waals surface area contributed by atoms with Gasteiger partial charge >= 0.3 is 5.97 Å². The first-order valence-corrected chi connectivity index (χ1v) is 5.95. The molecule has 98 valence electrons. The molecule has 0 radical (unpaired) electrons. The minimum atomic E-state index is -0.892. The average molecular weight is 251 g/mol. The molecular formula is C13H17NO4. The van der Waals surface area contributed by atoms with E-state index >= 15 is 0 Å². The van der Waals surface area contributed by atoms with Crippen LogP contribution in [0, 0.1) is 0 Å². The molecule has 0 amide bonds. The van der Waals surface area contributed by atoms with Crippen molar-refractivity contribution >= 4 is 5.97 Å². The summed E-state index contributed by atoms with van der Waals surface area (Å²) in [5.41, 5.74) is 0.741. The molecule has 0 spiro atoms. The molecule has 2 atom stereocenters. The summed E-state index contributed by atoms with van der Waals surface area (Å²) in [6.45, 7) is 3.15. The van der Waals surface area contributed by atoms with Gasteiger partial charge in [-0.2, -0.15) is 0 Å². The van der Waals surface area contributed by atoms with E-state index in [2.05, 4.69) is 0 Å². The van der Waals surface area contributed by atoms with Crippen molar-refractivity contribution in [3.63, 3.8) is 0 Å². The lowest BCUT2D eigenvalue weighted by Crippen LogP contribution is -2.50. The fraction of sp³-hybridized carbons (Fsp3) is 0.462. The number of carbonyl (C=O) groups is 1. The first-order chi connectivity index (χ1) is 8.61. The summed E-state index contributed by atoms with van der Waals surface area (Å²) in [6.07, 6.45) is 0. The standard InChI is InChI=1S/C13H17NO4/c1-9(10-4-2-3-5-12(10)15)14-6-7-18-8-11(14)13(16)17/h2-5,9,11,15H,6-8H2,1H3,(H,16,17). The van der Waals surface area contributed by atoms with Crippen LogP contribution in [0.3, 0.4) is 0 Å². The normalized spacial score (nSPS) is 22.6. The summed E-state index contributed by atoms with van der Waals surface area (Å²) in [7, 11) is 0. The number of carboxylic acid groups (broad SMARTS) is 1. The van der Waals surface area contributed by atoms with Gasteiger partial charge in [0.2, 0.25) is 0 Å². The van der Waals surface area contributed by atoms with Gasteiger partial charge in [0, 0.05) is 18.2 Å². The minimum Gasteiger partial charge on any atom is -0.508 e. The van der Waals surface area contributed by atoms with Gasteiger partial charge in [0.05, 0.1) is 13.2 Å². The number of nitrogens with zero attached hydrogens (tertiary/aromatic N) is 1. The minimum absolute atomic E-state index is 0.156. The van der Waals surface area contributed by atoms with Gasteiger partial charge in [0.15, 0.2) is 0 Å². The van der Waals surface area contributed by atoms with Crippen LogP contribution in [-0.4, -0.2) is 46.9 Å². The molecule has 1 saturated heterocycles. The van der Waals surface area contributed by atoms with E-state index in [1.54, 1.807) is 12.1 Å². The summed E-state index contributed by atoms with van der Waals surface area (Å²) in [5.74, 6) is -0.697. The molecule has 2 rings (SSSR count). The number of hydrogen-bond donors (Lipinski definition) is 2. The van der Waals surface area contributed by atoms with Crippen LogP contribution < -0.4 is 0 Å². The average Bonchev–Trinajstić information content (AvgIpc) is 2.38. The second kappa shape index (κ2) is 5.37. The Labute approximate surface area is 106 Å². The Morgan fingerprint density at radius 1 is 1.50 bits per heavy atom. The molecule has 0 saturated carbocycles.